The highest BCUT2D eigenvalue weighted by Crippen LogP contribution is 2.34. The molecule has 0 unspecified atom stereocenters. The lowest BCUT2D eigenvalue weighted by atomic mass is 9.77. The van der Waals surface area contributed by atoms with Gasteiger partial charge < -0.3 is 4.74 Å². The predicted molar refractivity (Wildman–Crippen MR) is 115 cm³/mol. The zero-order valence-electron chi connectivity index (χ0n) is 16.9. The van der Waals surface area contributed by atoms with Crippen molar-refractivity contribution < 1.29 is 4.74 Å². The summed E-state index contributed by atoms with van der Waals surface area (Å²) in [5, 5.41) is 8.74. The zero-order chi connectivity index (χ0) is 20.0. The molecule has 0 aliphatic heterocycles. The lowest BCUT2D eigenvalue weighted by molar-refractivity contribution is 0.483. The van der Waals surface area contributed by atoms with Gasteiger partial charge in [0.1, 0.15) is 11.4 Å². The number of allylic oxidation sites excluding steroid dienone is 1. The van der Waals surface area contributed by atoms with Gasteiger partial charge in [0.05, 0.1) is 0 Å². The first kappa shape index (κ1) is 19.6. The van der Waals surface area contributed by atoms with Gasteiger partial charge in [0, 0.05) is 11.6 Å². The minimum absolute atomic E-state index is 0.121. The highest BCUT2D eigenvalue weighted by Gasteiger charge is 2.24. The molecule has 0 saturated carbocycles. The smallest absolute Gasteiger partial charge is 0.154 e. The first-order valence-electron chi connectivity index (χ1n) is 9.44. The van der Waals surface area contributed by atoms with E-state index in [1.165, 1.54) is 11.1 Å². The van der Waals surface area contributed by atoms with E-state index in [4.69, 9.17) is 4.74 Å². The van der Waals surface area contributed by atoms with Crippen molar-refractivity contribution in [1.82, 2.24) is 0 Å². The first-order chi connectivity index (χ1) is 13.5. The summed E-state index contributed by atoms with van der Waals surface area (Å²) in [5.41, 5.74) is 4.30. The minimum atomic E-state index is -0.121. The maximum absolute atomic E-state index is 5.94. The van der Waals surface area contributed by atoms with Gasteiger partial charge >= 0.3 is 0 Å². The molecule has 0 N–H and O–H groups in total. The van der Waals surface area contributed by atoms with Crippen molar-refractivity contribution in [2.45, 2.75) is 33.1 Å². The van der Waals surface area contributed by atoms with E-state index >= 15 is 0 Å². The summed E-state index contributed by atoms with van der Waals surface area (Å²) >= 11 is 0. The maximum Gasteiger partial charge on any atom is 0.154 e. The van der Waals surface area contributed by atoms with Crippen LogP contribution >= 0.6 is 0 Å². The van der Waals surface area contributed by atoms with Gasteiger partial charge in [-0.3, -0.25) is 0 Å². The third-order valence-corrected chi connectivity index (χ3v) is 5.06. The molecule has 28 heavy (non-hydrogen) atoms. The van der Waals surface area contributed by atoms with Gasteiger partial charge in [-0.15, -0.1) is 5.11 Å². The van der Waals surface area contributed by atoms with Crippen LogP contribution in [0.15, 0.2) is 101 Å². The molecule has 0 heterocycles. The van der Waals surface area contributed by atoms with Gasteiger partial charge in [0.15, 0.2) is 5.75 Å². The van der Waals surface area contributed by atoms with Crippen LogP contribution in [0.25, 0.3) is 0 Å². The maximum atomic E-state index is 5.94. The molecule has 0 saturated heterocycles. The Hall–Kier alpha value is -3.20. The summed E-state index contributed by atoms with van der Waals surface area (Å²) in [6.45, 7) is 8.66. The molecule has 0 aliphatic carbocycles. The number of hydrogen-bond donors (Lipinski definition) is 0. The summed E-state index contributed by atoms with van der Waals surface area (Å²) < 4.78 is 5.94. The molecule has 0 bridgehead atoms. The molecule has 0 amide bonds. The molecule has 0 spiro atoms. The Morgan fingerprint density at radius 3 is 2.25 bits per heavy atom. The van der Waals surface area contributed by atoms with Gasteiger partial charge in [0.25, 0.3) is 0 Å². The summed E-state index contributed by atoms with van der Waals surface area (Å²) in [6, 6.07) is 25.8. The van der Waals surface area contributed by atoms with E-state index in [0.717, 1.165) is 11.3 Å². The predicted octanol–water partition coefficient (Wildman–Crippen LogP) is 7.75. The number of nitrogens with zero attached hydrogens (tertiary/aromatic N) is 2. The molecule has 3 nitrogen and oxygen atoms in total. The molecule has 3 aromatic rings. The quantitative estimate of drug-likeness (QED) is 0.408. The van der Waals surface area contributed by atoms with Crippen LogP contribution in [0.5, 0.6) is 11.5 Å². The average Bonchev–Trinajstić information content (AvgIpc) is 2.70. The van der Waals surface area contributed by atoms with Crippen LogP contribution in [0, 0.1) is 6.92 Å². The van der Waals surface area contributed by atoms with Crippen LogP contribution in [0.4, 0.5) is 5.69 Å². The van der Waals surface area contributed by atoms with E-state index in [1.807, 2.05) is 60.8 Å². The number of ether oxygens (including phenoxy) is 1. The van der Waals surface area contributed by atoms with Gasteiger partial charge in [-0.25, -0.2) is 0 Å². The Kier molecular flexibility index (Phi) is 6.05. The number of azo groups is 1. The monoisotopic (exact) mass is 370 g/mol. The van der Waals surface area contributed by atoms with Gasteiger partial charge in [-0.1, -0.05) is 68.4 Å². The highest BCUT2D eigenvalue weighted by atomic mass is 16.5. The van der Waals surface area contributed by atoms with Crippen molar-refractivity contribution in [2.75, 3.05) is 0 Å². The van der Waals surface area contributed by atoms with Crippen molar-refractivity contribution in [3.05, 3.63) is 102 Å². The van der Waals surface area contributed by atoms with E-state index in [1.54, 1.807) is 0 Å². The van der Waals surface area contributed by atoms with Gasteiger partial charge in [0.2, 0.25) is 0 Å². The Morgan fingerprint density at radius 2 is 1.50 bits per heavy atom. The molecule has 3 aromatic carbocycles. The number of para-hydroxylation sites is 2. The first-order valence-corrected chi connectivity index (χ1v) is 9.44. The number of hydrogen-bond acceptors (Lipinski definition) is 3. The molecular weight excluding hydrogens is 344 g/mol. The Morgan fingerprint density at radius 1 is 0.857 bits per heavy atom. The van der Waals surface area contributed by atoms with Crippen molar-refractivity contribution in [1.29, 1.82) is 0 Å². The summed E-state index contributed by atoms with van der Waals surface area (Å²) in [5.74, 6) is 1.46. The van der Waals surface area contributed by atoms with E-state index in [9.17, 15) is 0 Å². The molecule has 0 aliphatic rings. The van der Waals surface area contributed by atoms with Crippen molar-refractivity contribution >= 4 is 5.69 Å². The molecule has 142 valence electrons. The number of rotatable bonds is 6. The molecular formula is C25H26N2O. The Labute approximate surface area is 167 Å². The van der Waals surface area contributed by atoms with Crippen molar-refractivity contribution in [2.24, 2.45) is 10.2 Å². The zero-order valence-corrected chi connectivity index (χ0v) is 16.9. The number of benzene rings is 3. The van der Waals surface area contributed by atoms with Gasteiger partial charge in [-0.05, 0) is 54.8 Å². The Bertz CT molecular complexity index is 988. The average molecular weight is 370 g/mol. The molecule has 3 rings (SSSR count). The van der Waals surface area contributed by atoms with Gasteiger partial charge in [-0.2, -0.15) is 5.11 Å². The normalized spacial score (nSPS) is 12.4. The van der Waals surface area contributed by atoms with E-state index < -0.39 is 0 Å². The summed E-state index contributed by atoms with van der Waals surface area (Å²) in [6.07, 6.45) is 1.84. The van der Waals surface area contributed by atoms with Crippen molar-refractivity contribution in [3.8, 4) is 11.5 Å². The lowest BCUT2D eigenvalue weighted by Crippen LogP contribution is -2.19. The summed E-state index contributed by atoms with van der Waals surface area (Å²) in [4.78, 5) is 0. The lowest BCUT2D eigenvalue weighted by Gasteiger charge is -2.27. The second-order valence-corrected chi connectivity index (χ2v) is 7.35. The van der Waals surface area contributed by atoms with Crippen LogP contribution < -0.4 is 4.74 Å². The van der Waals surface area contributed by atoms with E-state index in [-0.39, 0.29) is 5.41 Å². The fraction of sp³-hybridized carbons (Fsp3) is 0.200. The largest absolute Gasteiger partial charge is 0.455 e. The van der Waals surface area contributed by atoms with E-state index in [2.05, 4.69) is 62.2 Å². The number of aryl methyl sites for hydroxylation is 1. The fourth-order valence-electron chi connectivity index (χ4n) is 3.07. The SMILES string of the molecule is C/C(=C/N=Nc1ccccc1Oc1ccccc1)C(C)(C)c1ccccc1C. The van der Waals surface area contributed by atoms with Crippen LogP contribution in [0.3, 0.4) is 0 Å². The molecule has 0 atom stereocenters. The molecule has 3 heteroatoms. The van der Waals surface area contributed by atoms with Crippen LogP contribution in [0.1, 0.15) is 31.9 Å². The van der Waals surface area contributed by atoms with Crippen molar-refractivity contribution in [3.63, 3.8) is 0 Å². The van der Waals surface area contributed by atoms with Crippen LogP contribution in [-0.2, 0) is 5.41 Å². The molecule has 0 radical (unpaired) electrons. The molecule has 0 aromatic heterocycles. The summed E-state index contributed by atoms with van der Waals surface area (Å²) in [7, 11) is 0. The Balaban J connectivity index is 1.81. The topological polar surface area (TPSA) is 34.0 Å². The molecule has 0 fully saturated rings. The van der Waals surface area contributed by atoms with Crippen LogP contribution in [0.2, 0.25) is 0 Å². The third kappa shape index (κ3) is 4.55. The second-order valence-electron chi connectivity index (χ2n) is 7.35. The van der Waals surface area contributed by atoms with E-state index in [0.29, 0.717) is 11.4 Å². The van der Waals surface area contributed by atoms with Crippen LogP contribution in [-0.4, -0.2) is 0 Å². The minimum Gasteiger partial charge on any atom is -0.455 e. The highest BCUT2D eigenvalue weighted by molar-refractivity contribution is 5.52. The second kappa shape index (κ2) is 8.66. The standard InChI is InChI=1S/C25H26N2O/c1-19-12-8-9-15-22(19)25(3,4)20(2)18-26-27-23-16-10-11-17-24(23)28-21-13-6-5-7-14-21/h5-18H,1-4H3/b20-18-,27-26?. The fourth-order valence-corrected chi connectivity index (χ4v) is 3.07. The third-order valence-electron chi connectivity index (χ3n) is 5.06.